The first-order valence-corrected chi connectivity index (χ1v) is 9.63. The Labute approximate surface area is 157 Å². The first kappa shape index (κ1) is 18.1. The third-order valence-electron chi connectivity index (χ3n) is 3.60. The number of hydrogen-bond acceptors (Lipinski definition) is 5. The van der Waals surface area contributed by atoms with Crippen molar-refractivity contribution >= 4 is 37.3 Å². The van der Waals surface area contributed by atoms with Gasteiger partial charge in [-0.25, -0.2) is 13.1 Å². The van der Waals surface area contributed by atoms with Gasteiger partial charge in [-0.05, 0) is 40.5 Å². The van der Waals surface area contributed by atoms with Gasteiger partial charge in [-0.15, -0.1) is 0 Å². The molecule has 1 heterocycles. The zero-order chi connectivity index (χ0) is 18.9. The molecule has 134 valence electrons. The van der Waals surface area contributed by atoms with Crippen LogP contribution in [0.5, 0.6) is 0 Å². The number of sulfonamides is 1. The number of rotatable bonds is 5. The van der Waals surface area contributed by atoms with E-state index in [2.05, 4.69) is 25.8 Å². The Morgan fingerprint density at radius 2 is 1.92 bits per heavy atom. The number of anilines is 1. The summed E-state index contributed by atoms with van der Waals surface area (Å²) in [5.41, 5.74) is 0.543. The van der Waals surface area contributed by atoms with Crippen LogP contribution < -0.4 is 4.72 Å². The van der Waals surface area contributed by atoms with Crippen LogP contribution in [-0.4, -0.2) is 23.1 Å². The van der Waals surface area contributed by atoms with E-state index in [0.29, 0.717) is 5.69 Å². The third kappa shape index (κ3) is 3.46. The van der Waals surface area contributed by atoms with Crippen molar-refractivity contribution in [1.29, 1.82) is 0 Å². The second kappa shape index (κ2) is 6.89. The van der Waals surface area contributed by atoms with Crippen molar-refractivity contribution in [3.8, 4) is 5.69 Å². The summed E-state index contributed by atoms with van der Waals surface area (Å²) in [4.78, 5) is 10.2. The number of aryl methyl sites for hydroxylation is 1. The third-order valence-corrected chi connectivity index (χ3v) is 5.57. The Bertz CT molecular complexity index is 1100. The van der Waals surface area contributed by atoms with E-state index in [9.17, 15) is 18.5 Å². The SMILES string of the molecule is Cc1cccc([N+](=O)[O-])c1S(=O)(=O)Nc1ccccc1-n1cc(Br)cn1. The van der Waals surface area contributed by atoms with Crippen LogP contribution in [0.4, 0.5) is 11.4 Å². The van der Waals surface area contributed by atoms with Crippen LogP contribution in [-0.2, 0) is 10.0 Å². The Kier molecular flexibility index (Phi) is 4.79. The highest BCUT2D eigenvalue weighted by molar-refractivity contribution is 9.10. The zero-order valence-electron chi connectivity index (χ0n) is 13.5. The maximum absolute atomic E-state index is 12.9. The largest absolute Gasteiger partial charge is 0.290 e. The van der Waals surface area contributed by atoms with E-state index in [0.717, 1.165) is 10.5 Å². The van der Waals surface area contributed by atoms with E-state index in [-0.39, 0.29) is 16.1 Å². The van der Waals surface area contributed by atoms with Gasteiger partial charge in [0.15, 0.2) is 4.90 Å². The average molecular weight is 437 g/mol. The molecule has 0 atom stereocenters. The van der Waals surface area contributed by atoms with Gasteiger partial charge in [-0.3, -0.25) is 14.8 Å². The number of aromatic nitrogens is 2. The van der Waals surface area contributed by atoms with Gasteiger partial charge in [0.25, 0.3) is 15.7 Å². The Balaban J connectivity index is 2.10. The van der Waals surface area contributed by atoms with Crippen molar-refractivity contribution in [3.63, 3.8) is 0 Å². The average Bonchev–Trinajstić information content (AvgIpc) is 3.00. The van der Waals surface area contributed by atoms with Crippen molar-refractivity contribution in [2.75, 3.05) is 4.72 Å². The number of halogens is 1. The number of hydrogen-bond donors (Lipinski definition) is 1. The van der Waals surface area contributed by atoms with Gasteiger partial charge >= 0.3 is 0 Å². The van der Waals surface area contributed by atoms with E-state index < -0.39 is 20.6 Å². The van der Waals surface area contributed by atoms with E-state index in [4.69, 9.17) is 0 Å². The summed E-state index contributed by atoms with van der Waals surface area (Å²) in [6.45, 7) is 1.51. The summed E-state index contributed by atoms with van der Waals surface area (Å²) in [5.74, 6) is 0. The number of benzene rings is 2. The van der Waals surface area contributed by atoms with Gasteiger partial charge in [-0.2, -0.15) is 5.10 Å². The highest BCUT2D eigenvalue weighted by atomic mass is 79.9. The molecule has 0 fully saturated rings. The van der Waals surface area contributed by atoms with E-state index in [1.165, 1.54) is 23.7 Å². The lowest BCUT2D eigenvalue weighted by Gasteiger charge is -2.14. The van der Waals surface area contributed by atoms with Gasteiger partial charge in [0, 0.05) is 12.3 Å². The molecule has 0 saturated carbocycles. The topological polar surface area (TPSA) is 107 Å². The number of para-hydroxylation sites is 2. The molecule has 26 heavy (non-hydrogen) atoms. The molecule has 1 N–H and O–H groups in total. The summed E-state index contributed by atoms with van der Waals surface area (Å²) in [7, 11) is -4.19. The minimum absolute atomic E-state index is 0.251. The summed E-state index contributed by atoms with van der Waals surface area (Å²) >= 11 is 3.29. The first-order valence-electron chi connectivity index (χ1n) is 7.36. The van der Waals surface area contributed by atoms with Crippen molar-refractivity contribution in [3.05, 3.63) is 75.0 Å². The molecule has 0 aliphatic heterocycles. The molecule has 0 saturated heterocycles. The predicted octanol–water partition coefficient (Wildman–Crippen LogP) is 3.65. The minimum atomic E-state index is -4.19. The summed E-state index contributed by atoms with van der Waals surface area (Å²) in [6, 6.07) is 10.8. The minimum Gasteiger partial charge on any atom is -0.277 e. The van der Waals surface area contributed by atoms with Gasteiger partial charge in [0.05, 0.1) is 27.0 Å². The van der Waals surface area contributed by atoms with Crippen LogP contribution in [0.15, 0.2) is 64.2 Å². The van der Waals surface area contributed by atoms with Gasteiger partial charge in [0.2, 0.25) is 0 Å². The molecule has 10 heteroatoms. The molecule has 0 aliphatic carbocycles. The highest BCUT2D eigenvalue weighted by Crippen LogP contribution is 2.30. The van der Waals surface area contributed by atoms with Crippen LogP contribution in [0.1, 0.15) is 5.56 Å². The van der Waals surface area contributed by atoms with Crippen LogP contribution in [0.3, 0.4) is 0 Å². The lowest BCUT2D eigenvalue weighted by Crippen LogP contribution is -2.17. The summed E-state index contributed by atoms with van der Waals surface area (Å²) in [6.07, 6.45) is 3.24. The normalized spacial score (nSPS) is 11.3. The molecule has 2 aromatic carbocycles. The van der Waals surface area contributed by atoms with Gasteiger partial charge < -0.3 is 0 Å². The molecule has 3 aromatic rings. The van der Waals surface area contributed by atoms with Crippen molar-refractivity contribution in [2.24, 2.45) is 0 Å². The molecule has 0 spiro atoms. The molecule has 0 radical (unpaired) electrons. The molecule has 8 nitrogen and oxygen atoms in total. The van der Waals surface area contributed by atoms with Crippen LogP contribution in [0, 0.1) is 17.0 Å². The van der Waals surface area contributed by atoms with Crippen molar-refractivity contribution in [2.45, 2.75) is 11.8 Å². The van der Waals surface area contributed by atoms with Crippen molar-refractivity contribution < 1.29 is 13.3 Å². The molecular formula is C16H13BrN4O4S. The number of nitrogens with one attached hydrogen (secondary N) is 1. The predicted molar refractivity (Wildman–Crippen MR) is 99.9 cm³/mol. The van der Waals surface area contributed by atoms with E-state index >= 15 is 0 Å². The number of nitro groups is 1. The Hall–Kier alpha value is -2.72. The second-order valence-electron chi connectivity index (χ2n) is 5.41. The molecule has 1 aromatic heterocycles. The second-order valence-corrected chi connectivity index (χ2v) is 7.94. The highest BCUT2D eigenvalue weighted by Gasteiger charge is 2.28. The van der Waals surface area contributed by atoms with E-state index in [1.807, 2.05) is 0 Å². The molecule has 0 bridgehead atoms. The molecule has 0 unspecified atom stereocenters. The monoisotopic (exact) mass is 436 g/mol. The summed E-state index contributed by atoms with van der Waals surface area (Å²) < 4.78 is 30.4. The lowest BCUT2D eigenvalue weighted by atomic mass is 10.2. The quantitative estimate of drug-likeness (QED) is 0.484. The van der Waals surface area contributed by atoms with Crippen LogP contribution in [0.2, 0.25) is 0 Å². The molecular weight excluding hydrogens is 424 g/mol. The van der Waals surface area contributed by atoms with Crippen LogP contribution >= 0.6 is 15.9 Å². The number of nitro benzene ring substituents is 1. The Morgan fingerprint density at radius 3 is 2.58 bits per heavy atom. The first-order chi connectivity index (χ1) is 12.3. The lowest BCUT2D eigenvalue weighted by molar-refractivity contribution is -0.387. The zero-order valence-corrected chi connectivity index (χ0v) is 15.9. The maximum atomic E-state index is 12.9. The smallest absolute Gasteiger partial charge is 0.277 e. The number of nitrogens with zero attached hydrogens (tertiary/aromatic N) is 3. The fraction of sp³-hybridized carbons (Fsp3) is 0.0625. The van der Waals surface area contributed by atoms with Gasteiger partial charge in [0.1, 0.15) is 0 Å². The molecule has 3 rings (SSSR count). The summed E-state index contributed by atoms with van der Waals surface area (Å²) in [5, 5.41) is 15.4. The van der Waals surface area contributed by atoms with Crippen LogP contribution in [0.25, 0.3) is 5.69 Å². The maximum Gasteiger partial charge on any atom is 0.290 e. The van der Waals surface area contributed by atoms with Gasteiger partial charge in [-0.1, -0.05) is 24.3 Å². The Morgan fingerprint density at radius 1 is 1.19 bits per heavy atom. The molecule has 0 aliphatic rings. The fourth-order valence-electron chi connectivity index (χ4n) is 2.52. The van der Waals surface area contributed by atoms with Crippen molar-refractivity contribution in [1.82, 2.24) is 9.78 Å². The fourth-order valence-corrected chi connectivity index (χ4v) is 4.28. The standard InChI is InChI=1S/C16H13BrN4O4S/c1-11-5-4-8-15(21(22)23)16(11)26(24,25)19-13-6-2-3-7-14(13)20-10-12(17)9-18-20/h2-10,19H,1H3. The van der Waals surface area contributed by atoms with E-state index in [1.54, 1.807) is 36.7 Å². The molecule has 0 amide bonds.